The van der Waals surface area contributed by atoms with Gasteiger partial charge in [0.2, 0.25) is 5.95 Å². The van der Waals surface area contributed by atoms with Gasteiger partial charge in [-0.2, -0.15) is 0 Å². The second-order valence-electron chi connectivity index (χ2n) is 10.8. The van der Waals surface area contributed by atoms with E-state index in [1.54, 1.807) is 0 Å². The van der Waals surface area contributed by atoms with Crippen LogP contribution in [0.4, 0.5) is 11.8 Å². The molecule has 3 saturated heterocycles. The van der Waals surface area contributed by atoms with Gasteiger partial charge in [-0.05, 0) is 61.7 Å². The number of halogens is 1. The number of nitrogens with zero attached hydrogens (tertiary/aromatic N) is 7. The van der Waals surface area contributed by atoms with Crippen LogP contribution in [0.2, 0.25) is 5.02 Å². The molecule has 8 nitrogen and oxygen atoms in total. The quantitative estimate of drug-likeness (QED) is 0.556. The van der Waals surface area contributed by atoms with Crippen molar-refractivity contribution < 1.29 is 4.74 Å². The average molecular weight is 492 g/mol. The zero-order valence-corrected chi connectivity index (χ0v) is 21.0. The van der Waals surface area contributed by atoms with Crippen LogP contribution in [0.3, 0.4) is 0 Å². The summed E-state index contributed by atoms with van der Waals surface area (Å²) in [6.07, 6.45) is 1.05. The van der Waals surface area contributed by atoms with E-state index >= 15 is 0 Å². The summed E-state index contributed by atoms with van der Waals surface area (Å²) in [4.78, 5) is 12.0. The van der Waals surface area contributed by atoms with E-state index in [9.17, 15) is 0 Å². The molecule has 0 N–H and O–H groups in total. The first kappa shape index (κ1) is 21.6. The molecule has 1 atom stereocenters. The monoisotopic (exact) mass is 491 g/mol. The maximum absolute atomic E-state index is 6.42. The van der Waals surface area contributed by atoms with E-state index in [0.29, 0.717) is 11.5 Å². The lowest BCUT2D eigenvalue weighted by molar-refractivity contribution is 0.133. The minimum absolute atomic E-state index is 0.312. The normalized spacial score (nSPS) is 23.0. The van der Waals surface area contributed by atoms with E-state index in [1.165, 1.54) is 11.1 Å². The Morgan fingerprint density at radius 2 is 1.83 bits per heavy atom. The van der Waals surface area contributed by atoms with E-state index < -0.39 is 0 Å². The van der Waals surface area contributed by atoms with Crippen LogP contribution < -0.4 is 9.80 Å². The standard InChI is InChI=1S/C26H30ClN7O/c1-17-7-18(2)28-23(8-17)32-13-26(14-32)15-33(16-26)25-30-29-24-11-31(21-5-6-35-12-21)10-19-9-20(27)3-4-22(19)34(24)25/h3-4,7-9,21H,5-6,10-16H2,1-2H3/t21-/m1/s1. The van der Waals surface area contributed by atoms with E-state index in [4.69, 9.17) is 26.4 Å². The van der Waals surface area contributed by atoms with Gasteiger partial charge in [-0.3, -0.25) is 9.47 Å². The number of hydrogen-bond donors (Lipinski definition) is 0. The lowest BCUT2D eigenvalue weighted by Gasteiger charge is -2.60. The summed E-state index contributed by atoms with van der Waals surface area (Å²) < 4.78 is 7.95. The molecule has 3 fully saturated rings. The molecule has 2 aromatic heterocycles. The SMILES string of the molecule is Cc1cc(C)nc(N2CC3(C2)CN(c2nnc4n2-c2ccc(Cl)cc2CN([C@@H]2CCOC2)C4)C3)c1. The Kier molecular flexibility index (Phi) is 4.88. The summed E-state index contributed by atoms with van der Waals surface area (Å²) in [5.41, 5.74) is 5.02. The zero-order chi connectivity index (χ0) is 23.7. The predicted molar refractivity (Wildman–Crippen MR) is 135 cm³/mol. The molecular formula is C26H30ClN7O. The third-order valence-corrected chi connectivity index (χ3v) is 8.17. The van der Waals surface area contributed by atoms with Crippen LogP contribution >= 0.6 is 11.6 Å². The molecule has 1 aromatic carbocycles. The molecule has 0 bridgehead atoms. The van der Waals surface area contributed by atoms with Crippen molar-refractivity contribution in [3.8, 4) is 5.69 Å². The van der Waals surface area contributed by atoms with E-state index in [-0.39, 0.29) is 0 Å². The predicted octanol–water partition coefficient (Wildman–Crippen LogP) is 3.36. The van der Waals surface area contributed by atoms with Crippen molar-refractivity contribution in [2.24, 2.45) is 5.41 Å². The Bertz CT molecular complexity index is 1270. The lowest BCUT2D eigenvalue weighted by atomic mass is 9.73. The number of benzene rings is 1. The number of fused-ring (bicyclic) bond motifs is 3. The molecular weight excluding hydrogens is 462 g/mol. The number of aromatic nitrogens is 4. The van der Waals surface area contributed by atoms with Crippen LogP contribution in [0.25, 0.3) is 5.69 Å². The second-order valence-corrected chi connectivity index (χ2v) is 11.2. The van der Waals surface area contributed by atoms with Gasteiger partial charge in [0.25, 0.3) is 0 Å². The fourth-order valence-corrected chi connectivity index (χ4v) is 6.49. The second kappa shape index (κ2) is 7.91. The van der Waals surface area contributed by atoms with Gasteiger partial charge in [-0.15, -0.1) is 10.2 Å². The van der Waals surface area contributed by atoms with Gasteiger partial charge >= 0.3 is 0 Å². The molecule has 6 heterocycles. The fraction of sp³-hybridized carbons (Fsp3) is 0.500. The summed E-state index contributed by atoms with van der Waals surface area (Å²) in [5, 5.41) is 10.1. The maximum atomic E-state index is 6.42. The summed E-state index contributed by atoms with van der Waals surface area (Å²) in [6.45, 7) is 11.5. The van der Waals surface area contributed by atoms with Crippen LogP contribution in [0, 0.1) is 19.3 Å². The van der Waals surface area contributed by atoms with Crippen molar-refractivity contribution in [2.45, 2.75) is 39.4 Å². The minimum Gasteiger partial charge on any atom is -0.380 e. The van der Waals surface area contributed by atoms with Crippen molar-refractivity contribution in [1.82, 2.24) is 24.6 Å². The third kappa shape index (κ3) is 3.61. The van der Waals surface area contributed by atoms with Crippen LogP contribution in [0.5, 0.6) is 0 Å². The summed E-state index contributed by atoms with van der Waals surface area (Å²) >= 11 is 6.42. The number of hydrogen-bond acceptors (Lipinski definition) is 7. The molecule has 35 heavy (non-hydrogen) atoms. The molecule has 4 aliphatic rings. The van der Waals surface area contributed by atoms with Crippen molar-refractivity contribution in [3.05, 3.63) is 58.0 Å². The molecule has 7 rings (SSSR count). The Balaban J connectivity index is 1.14. The lowest BCUT2D eigenvalue weighted by Crippen LogP contribution is -2.73. The van der Waals surface area contributed by atoms with E-state index in [0.717, 1.165) is 92.9 Å². The highest BCUT2D eigenvalue weighted by molar-refractivity contribution is 6.30. The Labute approximate surface area is 210 Å². The Morgan fingerprint density at radius 1 is 1.00 bits per heavy atom. The summed E-state index contributed by atoms with van der Waals surface area (Å²) in [6, 6.07) is 10.9. The van der Waals surface area contributed by atoms with Crippen molar-refractivity contribution in [1.29, 1.82) is 0 Å². The van der Waals surface area contributed by atoms with Gasteiger partial charge in [0, 0.05) is 61.5 Å². The van der Waals surface area contributed by atoms with Gasteiger partial charge in [0.1, 0.15) is 5.82 Å². The van der Waals surface area contributed by atoms with Gasteiger partial charge in [0.15, 0.2) is 5.82 Å². The molecule has 9 heteroatoms. The minimum atomic E-state index is 0.312. The van der Waals surface area contributed by atoms with Crippen molar-refractivity contribution in [3.63, 3.8) is 0 Å². The summed E-state index contributed by atoms with van der Waals surface area (Å²) in [5.74, 6) is 3.04. The molecule has 182 valence electrons. The first-order valence-electron chi connectivity index (χ1n) is 12.5. The number of anilines is 2. The van der Waals surface area contributed by atoms with Crippen molar-refractivity contribution in [2.75, 3.05) is 49.2 Å². The highest BCUT2D eigenvalue weighted by Crippen LogP contribution is 2.44. The molecule has 0 saturated carbocycles. The van der Waals surface area contributed by atoms with Gasteiger partial charge in [-0.25, -0.2) is 4.98 Å². The van der Waals surface area contributed by atoms with E-state index in [1.807, 2.05) is 6.07 Å². The van der Waals surface area contributed by atoms with Crippen LogP contribution in [-0.2, 0) is 17.8 Å². The largest absolute Gasteiger partial charge is 0.380 e. The zero-order valence-electron chi connectivity index (χ0n) is 20.2. The first-order chi connectivity index (χ1) is 17.0. The number of aryl methyl sites for hydroxylation is 2. The Hall–Kier alpha value is -2.68. The highest BCUT2D eigenvalue weighted by atomic mass is 35.5. The third-order valence-electron chi connectivity index (χ3n) is 7.93. The van der Waals surface area contributed by atoms with Crippen LogP contribution in [-0.4, -0.2) is 70.1 Å². The molecule has 3 aromatic rings. The smallest absolute Gasteiger partial charge is 0.231 e. The maximum Gasteiger partial charge on any atom is 0.231 e. The molecule has 1 spiro atoms. The number of pyridine rings is 1. The molecule has 0 unspecified atom stereocenters. The fourth-order valence-electron chi connectivity index (χ4n) is 6.30. The topological polar surface area (TPSA) is 62.6 Å². The highest BCUT2D eigenvalue weighted by Gasteiger charge is 2.53. The van der Waals surface area contributed by atoms with Gasteiger partial charge < -0.3 is 14.5 Å². The average Bonchev–Trinajstić information content (AvgIpc) is 3.39. The first-order valence-corrected chi connectivity index (χ1v) is 12.8. The molecule has 0 amide bonds. The van der Waals surface area contributed by atoms with Crippen LogP contribution in [0.15, 0.2) is 30.3 Å². The Morgan fingerprint density at radius 3 is 2.60 bits per heavy atom. The van der Waals surface area contributed by atoms with Crippen molar-refractivity contribution >= 4 is 23.4 Å². The molecule has 4 aliphatic heterocycles. The summed E-state index contributed by atoms with van der Waals surface area (Å²) in [7, 11) is 0. The van der Waals surface area contributed by atoms with Crippen LogP contribution in [0.1, 0.15) is 29.1 Å². The van der Waals surface area contributed by atoms with Gasteiger partial charge in [-0.1, -0.05) is 11.6 Å². The van der Waals surface area contributed by atoms with Gasteiger partial charge in [0.05, 0.1) is 18.8 Å². The molecule has 0 radical (unpaired) electrons. The number of rotatable bonds is 3. The number of ether oxygens (including phenoxy) is 1. The molecule has 0 aliphatic carbocycles. The van der Waals surface area contributed by atoms with E-state index in [2.05, 4.69) is 62.5 Å².